The summed E-state index contributed by atoms with van der Waals surface area (Å²) in [5, 5.41) is 13.7. The zero-order valence-corrected chi connectivity index (χ0v) is 19.3. The molecule has 7 nitrogen and oxygen atoms in total. The zero-order chi connectivity index (χ0) is 23.8. The Bertz CT molecular complexity index is 1620. The van der Waals surface area contributed by atoms with Gasteiger partial charge in [0.15, 0.2) is 5.82 Å². The maximum Gasteiger partial charge on any atom is 0.154 e. The molecule has 35 heavy (non-hydrogen) atoms. The second kappa shape index (κ2) is 7.32. The number of anilines is 1. The van der Waals surface area contributed by atoms with Gasteiger partial charge < -0.3 is 10.2 Å². The zero-order valence-electron chi connectivity index (χ0n) is 19.3. The molecule has 2 aliphatic rings. The minimum atomic E-state index is -0.688. The van der Waals surface area contributed by atoms with Crippen molar-refractivity contribution in [2.75, 3.05) is 18.0 Å². The second-order valence-electron chi connectivity index (χ2n) is 9.53. The van der Waals surface area contributed by atoms with E-state index >= 15 is 4.39 Å². The van der Waals surface area contributed by atoms with Gasteiger partial charge >= 0.3 is 0 Å². The largest absolute Gasteiger partial charge is 0.351 e. The molecule has 2 bridgehead atoms. The summed E-state index contributed by atoms with van der Waals surface area (Å²) in [4.78, 5) is 7.11. The van der Waals surface area contributed by atoms with Crippen LogP contribution in [0.4, 0.5) is 14.6 Å². The standard InChI is InChI=1S/C26H23F2N7/c1-14-4-3-5-18-25(23-19-13-33(2)31-24(19)21(28)9-20(23)27)32-35(26(14)18)16-6-7-22(30-10-16)34-12-15-8-17(34)11-29-15/h3-7,9-10,13,15,17,29H,8,11-12H2,1-2H3/t15-,17-/m0/s1. The van der Waals surface area contributed by atoms with Gasteiger partial charge in [0.05, 0.1) is 17.4 Å². The van der Waals surface area contributed by atoms with E-state index < -0.39 is 11.6 Å². The molecule has 2 atom stereocenters. The van der Waals surface area contributed by atoms with E-state index in [9.17, 15) is 4.39 Å². The number of benzene rings is 2. The fourth-order valence-corrected chi connectivity index (χ4v) is 5.69. The third kappa shape index (κ3) is 3.01. The minimum absolute atomic E-state index is 0.125. The quantitative estimate of drug-likeness (QED) is 0.429. The first-order chi connectivity index (χ1) is 17.0. The maximum atomic E-state index is 15.3. The Balaban J connectivity index is 1.40. The van der Waals surface area contributed by atoms with Crippen LogP contribution in [0, 0.1) is 18.6 Å². The van der Waals surface area contributed by atoms with E-state index in [2.05, 4.69) is 15.3 Å². The van der Waals surface area contributed by atoms with Gasteiger partial charge in [-0.05, 0) is 31.0 Å². The molecule has 9 heteroatoms. The van der Waals surface area contributed by atoms with Crippen LogP contribution in [0.25, 0.3) is 38.8 Å². The van der Waals surface area contributed by atoms with Crippen LogP contribution in [0.3, 0.4) is 0 Å². The van der Waals surface area contributed by atoms with Crippen molar-refractivity contribution >= 4 is 27.6 Å². The molecular formula is C26H23F2N7. The summed E-state index contributed by atoms with van der Waals surface area (Å²) < 4.78 is 33.0. The third-order valence-electron chi connectivity index (χ3n) is 7.29. The van der Waals surface area contributed by atoms with E-state index in [4.69, 9.17) is 10.1 Å². The van der Waals surface area contributed by atoms with E-state index in [0.29, 0.717) is 23.2 Å². The molecule has 2 fully saturated rings. The van der Waals surface area contributed by atoms with E-state index in [-0.39, 0.29) is 11.1 Å². The van der Waals surface area contributed by atoms with Gasteiger partial charge in [-0.2, -0.15) is 10.2 Å². The van der Waals surface area contributed by atoms with Crippen molar-refractivity contribution in [1.29, 1.82) is 0 Å². The predicted octanol–water partition coefficient (Wildman–Crippen LogP) is 4.11. The molecule has 7 rings (SSSR count). The highest BCUT2D eigenvalue weighted by Crippen LogP contribution is 2.38. The summed E-state index contributed by atoms with van der Waals surface area (Å²) in [5.41, 5.74) is 3.46. The number of aromatic nitrogens is 5. The molecular weight excluding hydrogens is 448 g/mol. The molecule has 1 N–H and O–H groups in total. The van der Waals surface area contributed by atoms with Crippen LogP contribution in [-0.2, 0) is 7.05 Å². The summed E-state index contributed by atoms with van der Waals surface area (Å²) in [6.45, 7) is 3.96. The smallest absolute Gasteiger partial charge is 0.154 e. The number of fused-ring (bicyclic) bond motifs is 4. The van der Waals surface area contributed by atoms with Crippen molar-refractivity contribution in [3.63, 3.8) is 0 Å². The van der Waals surface area contributed by atoms with Crippen LogP contribution in [0.15, 0.2) is 48.8 Å². The summed E-state index contributed by atoms with van der Waals surface area (Å²) in [6.07, 6.45) is 4.60. The Morgan fingerprint density at radius 1 is 1.06 bits per heavy atom. The molecule has 2 aliphatic heterocycles. The molecule has 0 saturated carbocycles. The van der Waals surface area contributed by atoms with Crippen molar-refractivity contribution in [2.45, 2.75) is 25.4 Å². The molecule has 0 unspecified atom stereocenters. The van der Waals surface area contributed by atoms with Crippen molar-refractivity contribution < 1.29 is 8.78 Å². The number of para-hydroxylation sites is 1. The number of aryl methyl sites for hydroxylation is 2. The van der Waals surface area contributed by atoms with E-state index in [1.165, 1.54) is 4.68 Å². The topological polar surface area (TPSA) is 63.8 Å². The van der Waals surface area contributed by atoms with Crippen LogP contribution >= 0.6 is 0 Å². The lowest BCUT2D eigenvalue weighted by atomic mass is 10.0. The lowest BCUT2D eigenvalue weighted by Gasteiger charge is -2.28. The van der Waals surface area contributed by atoms with Gasteiger partial charge in [-0.15, -0.1) is 0 Å². The summed E-state index contributed by atoms with van der Waals surface area (Å²) >= 11 is 0. The van der Waals surface area contributed by atoms with Gasteiger partial charge in [0.1, 0.15) is 22.8 Å². The Kier molecular flexibility index (Phi) is 4.29. The lowest BCUT2D eigenvalue weighted by Crippen LogP contribution is -2.43. The molecule has 2 aromatic carbocycles. The van der Waals surface area contributed by atoms with Crippen LogP contribution in [0.2, 0.25) is 0 Å². The average molecular weight is 472 g/mol. The first-order valence-corrected chi connectivity index (χ1v) is 11.7. The van der Waals surface area contributed by atoms with Gasteiger partial charge in [0, 0.05) is 60.8 Å². The monoisotopic (exact) mass is 471 g/mol. The number of halogens is 2. The number of pyridine rings is 1. The van der Waals surface area contributed by atoms with Crippen molar-refractivity contribution in [3.8, 4) is 16.9 Å². The first kappa shape index (κ1) is 20.5. The van der Waals surface area contributed by atoms with E-state index in [1.54, 1.807) is 17.9 Å². The van der Waals surface area contributed by atoms with Crippen LogP contribution in [0.1, 0.15) is 12.0 Å². The van der Waals surface area contributed by atoms with Crippen molar-refractivity contribution in [1.82, 2.24) is 29.9 Å². The molecule has 2 saturated heterocycles. The molecule has 176 valence electrons. The fourth-order valence-electron chi connectivity index (χ4n) is 5.69. The lowest BCUT2D eigenvalue weighted by molar-refractivity contribution is 0.576. The van der Waals surface area contributed by atoms with E-state index in [0.717, 1.165) is 53.5 Å². The van der Waals surface area contributed by atoms with Gasteiger partial charge in [0.2, 0.25) is 0 Å². The molecule has 0 aliphatic carbocycles. The van der Waals surface area contributed by atoms with E-state index in [1.807, 2.05) is 43.5 Å². The number of nitrogens with zero attached hydrogens (tertiary/aromatic N) is 6. The molecule has 0 radical (unpaired) electrons. The highest BCUT2D eigenvalue weighted by atomic mass is 19.1. The summed E-state index contributed by atoms with van der Waals surface area (Å²) in [7, 11) is 1.69. The Morgan fingerprint density at radius 3 is 2.69 bits per heavy atom. The van der Waals surface area contributed by atoms with Gasteiger partial charge in [-0.1, -0.05) is 18.2 Å². The fraction of sp³-hybridized carbons (Fsp3) is 0.269. The Morgan fingerprint density at radius 2 is 1.94 bits per heavy atom. The van der Waals surface area contributed by atoms with Gasteiger partial charge in [-0.25, -0.2) is 18.4 Å². The molecule has 5 aromatic rings. The highest BCUT2D eigenvalue weighted by Gasteiger charge is 2.38. The van der Waals surface area contributed by atoms with Gasteiger partial charge in [0.25, 0.3) is 0 Å². The number of rotatable bonds is 3. The third-order valence-corrected chi connectivity index (χ3v) is 7.29. The maximum absolute atomic E-state index is 15.3. The predicted molar refractivity (Wildman–Crippen MR) is 131 cm³/mol. The highest BCUT2D eigenvalue weighted by molar-refractivity contribution is 6.04. The number of hydrogen-bond acceptors (Lipinski definition) is 5. The molecule has 0 amide bonds. The number of nitrogens with one attached hydrogen (secondary N) is 1. The van der Waals surface area contributed by atoms with Crippen molar-refractivity contribution in [2.24, 2.45) is 7.05 Å². The Labute approximate surface area is 200 Å². The minimum Gasteiger partial charge on any atom is -0.351 e. The summed E-state index contributed by atoms with van der Waals surface area (Å²) in [5.74, 6) is -0.396. The van der Waals surface area contributed by atoms with Crippen LogP contribution in [0.5, 0.6) is 0 Å². The second-order valence-corrected chi connectivity index (χ2v) is 9.53. The van der Waals surface area contributed by atoms with Crippen LogP contribution in [-0.4, -0.2) is 49.7 Å². The number of piperazine rings is 1. The molecule has 5 heterocycles. The van der Waals surface area contributed by atoms with Gasteiger partial charge in [-0.3, -0.25) is 4.68 Å². The van der Waals surface area contributed by atoms with Crippen LogP contribution < -0.4 is 10.2 Å². The molecule has 0 spiro atoms. The molecule has 3 aromatic heterocycles. The Hall–Kier alpha value is -3.85. The first-order valence-electron chi connectivity index (χ1n) is 11.7. The van der Waals surface area contributed by atoms with Crippen molar-refractivity contribution in [3.05, 3.63) is 66.0 Å². The SMILES string of the molecule is Cc1cccc2c(-c3c(F)cc(F)c4nn(C)cc34)nn(-c3ccc(N4C[C@@H]5C[C@H]4CN5)nc3)c12. The normalized spacial score (nSPS) is 19.5. The number of hydrogen-bond donors (Lipinski definition) is 1. The summed E-state index contributed by atoms with van der Waals surface area (Å²) in [6, 6.07) is 11.8. The average Bonchev–Trinajstić information content (AvgIpc) is 3.63.